The molecule has 1 heterocycles. The van der Waals surface area contributed by atoms with Crippen LogP contribution in [0.15, 0.2) is 84.9 Å². The van der Waals surface area contributed by atoms with Crippen molar-refractivity contribution in [1.82, 2.24) is 5.32 Å². The first-order valence-electron chi connectivity index (χ1n) is 9.84. The van der Waals surface area contributed by atoms with E-state index in [2.05, 4.69) is 5.32 Å². The van der Waals surface area contributed by atoms with Crippen molar-refractivity contribution in [2.24, 2.45) is 0 Å². The Hall–Kier alpha value is -3.73. The molecule has 0 bridgehead atoms. The van der Waals surface area contributed by atoms with E-state index in [0.29, 0.717) is 23.4 Å². The van der Waals surface area contributed by atoms with Crippen molar-refractivity contribution in [2.45, 2.75) is 25.4 Å². The number of carbonyl (C=O) groups excluding carboxylic acids is 3. The molecule has 5 heteroatoms. The van der Waals surface area contributed by atoms with E-state index in [1.54, 1.807) is 29.2 Å². The van der Waals surface area contributed by atoms with E-state index in [4.69, 9.17) is 0 Å². The van der Waals surface area contributed by atoms with E-state index in [0.717, 1.165) is 5.56 Å². The Bertz CT molecular complexity index is 1100. The van der Waals surface area contributed by atoms with Crippen LogP contribution in [0, 0.1) is 0 Å². The fraction of sp³-hybridized carbons (Fsp3) is 0.160. The first kappa shape index (κ1) is 19.6. The summed E-state index contributed by atoms with van der Waals surface area (Å²) in [6, 6.07) is 25.8. The molecule has 0 saturated carbocycles. The zero-order valence-electron chi connectivity index (χ0n) is 16.7. The van der Waals surface area contributed by atoms with Crippen LogP contribution < -0.4 is 10.2 Å². The largest absolute Gasteiger partial charge is 0.338 e. The molecule has 0 aliphatic carbocycles. The number of nitrogens with one attached hydrogen (secondary N) is 1. The number of rotatable bonds is 6. The van der Waals surface area contributed by atoms with Crippen molar-refractivity contribution in [3.8, 4) is 0 Å². The molecule has 1 N–H and O–H groups in total. The van der Waals surface area contributed by atoms with E-state index >= 15 is 0 Å². The summed E-state index contributed by atoms with van der Waals surface area (Å²) in [6.45, 7) is 1.72. The van der Waals surface area contributed by atoms with Gasteiger partial charge in [0.1, 0.15) is 0 Å². The molecule has 30 heavy (non-hydrogen) atoms. The fourth-order valence-corrected chi connectivity index (χ4v) is 4.05. The van der Waals surface area contributed by atoms with Crippen molar-refractivity contribution in [3.05, 3.63) is 102 Å². The third-order valence-corrected chi connectivity index (χ3v) is 5.36. The molecule has 4 rings (SSSR count). The lowest BCUT2D eigenvalue weighted by Crippen LogP contribution is -2.53. The molecule has 0 unspecified atom stereocenters. The number of benzene rings is 3. The average Bonchev–Trinajstić information content (AvgIpc) is 2.97. The average molecular weight is 398 g/mol. The number of Topliss-reactive ketones (excluding diaryl/α,β-unsaturated/α-hetero) is 1. The molecular weight excluding hydrogens is 376 g/mol. The Morgan fingerprint density at radius 2 is 1.47 bits per heavy atom. The molecule has 1 aliphatic heterocycles. The van der Waals surface area contributed by atoms with Crippen LogP contribution in [0.5, 0.6) is 0 Å². The molecule has 5 nitrogen and oxygen atoms in total. The van der Waals surface area contributed by atoms with Gasteiger partial charge in [0.2, 0.25) is 5.91 Å². The Labute approximate surface area is 175 Å². The highest BCUT2D eigenvalue weighted by Crippen LogP contribution is 2.43. The number of carbonyl (C=O) groups is 3. The molecule has 0 aromatic heterocycles. The van der Waals surface area contributed by atoms with Gasteiger partial charge in [-0.05, 0) is 11.6 Å². The Morgan fingerprint density at radius 1 is 0.867 bits per heavy atom. The van der Waals surface area contributed by atoms with Crippen LogP contribution in [0.1, 0.15) is 34.8 Å². The predicted molar refractivity (Wildman–Crippen MR) is 115 cm³/mol. The third kappa shape index (κ3) is 3.50. The smallest absolute Gasteiger partial charge is 0.258 e. The first-order valence-corrected chi connectivity index (χ1v) is 9.84. The number of fused-ring (bicyclic) bond motifs is 1. The lowest BCUT2D eigenvalue weighted by atomic mass is 9.84. The Morgan fingerprint density at radius 3 is 2.13 bits per heavy atom. The number of hydrogen-bond donors (Lipinski definition) is 1. The van der Waals surface area contributed by atoms with Crippen LogP contribution in [0.3, 0.4) is 0 Å². The molecule has 3 aromatic rings. The second-order valence-electron chi connectivity index (χ2n) is 7.45. The first-order chi connectivity index (χ1) is 14.5. The van der Waals surface area contributed by atoms with Crippen molar-refractivity contribution in [2.75, 3.05) is 4.90 Å². The van der Waals surface area contributed by atoms with E-state index in [-0.39, 0.29) is 24.0 Å². The van der Waals surface area contributed by atoms with Gasteiger partial charge in [-0.3, -0.25) is 14.4 Å². The van der Waals surface area contributed by atoms with Crippen molar-refractivity contribution < 1.29 is 14.4 Å². The van der Waals surface area contributed by atoms with E-state index in [1.165, 1.54) is 6.92 Å². The summed E-state index contributed by atoms with van der Waals surface area (Å²) < 4.78 is 0. The molecule has 3 aromatic carbocycles. The molecule has 0 fully saturated rings. The summed E-state index contributed by atoms with van der Waals surface area (Å²) in [7, 11) is 0. The minimum atomic E-state index is -1.43. The third-order valence-electron chi connectivity index (χ3n) is 5.36. The van der Waals surface area contributed by atoms with Gasteiger partial charge in [0, 0.05) is 24.5 Å². The van der Waals surface area contributed by atoms with E-state index < -0.39 is 5.54 Å². The predicted octanol–water partition coefficient (Wildman–Crippen LogP) is 3.84. The maximum Gasteiger partial charge on any atom is 0.258 e. The van der Waals surface area contributed by atoms with Crippen molar-refractivity contribution in [1.29, 1.82) is 0 Å². The van der Waals surface area contributed by atoms with Gasteiger partial charge in [-0.2, -0.15) is 0 Å². The zero-order chi connectivity index (χ0) is 21.1. The maximum atomic E-state index is 13.8. The molecule has 150 valence electrons. The number of ketones is 1. The van der Waals surface area contributed by atoms with Gasteiger partial charge in [0.15, 0.2) is 11.3 Å². The monoisotopic (exact) mass is 398 g/mol. The summed E-state index contributed by atoms with van der Waals surface area (Å²) in [6.07, 6.45) is -0.141. The molecule has 2 amide bonds. The van der Waals surface area contributed by atoms with Gasteiger partial charge in [-0.25, -0.2) is 0 Å². The highest BCUT2D eigenvalue weighted by molar-refractivity contribution is 6.12. The number of hydrogen-bond acceptors (Lipinski definition) is 3. The van der Waals surface area contributed by atoms with Crippen molar-refractivity contribution in [3.63, 3.8) is 0 Å². The van der Waals surface area contributed by atoms with E-state index in [9.17, 15) is 14.4 Å². The molecule has 0 saturated heterocycles. The molecule has 0 radical (unpaired) electrons. The van der Waals surface area contributed by atoms with Gasteiger partial charge >= 0.3 is 0 Å². The highest BCUT2D eigenvalue weighted by Gasteiger charge is 2.52. The SMILES string of the molecule is CC(=O)N[C@]1(CC(=O)c2ccccc2)C(=O)N(Cc2ccccc2)c2ccccc21. The second-order valence-corrected chi connectivity index (χ2v) is 7.45. The van der Waals surface area contributed by atoms with Gasteiger partial charge in [0.25, 0.3) is 5.91 Å². The fourth-order valence-electron chi connectivity index (χ4n) is 4.05. The molecule has 0 spiro atoms. The number of amides is 2. The van der Waals surface area contributed by atoms with Crippen LogP contribution >= 0.6 is 0 Å². The minimum Gasteiger partial charge on any atom is -0.338 e. The Balaban J connectivity index is 1.78. The highest BCUT2D eigenvalue weighted by atomic mass is 16.2. The number of anilines is 1. The summed E-state index contributed by atoms with van der Waals surface area (Å²) in [5.74, 6) is -0.860. The van der Waals surface area contributed by atoms with Crippen LogP contribution in [0.2, 0.25) is 0 Å². The van der Waals surface area contributed by atoms with Gasteiger partial charge in [-0.1, -0.05) is 78.9 Å². The summed E-state index contributed by atoms with van der Waals surface area (Å²) in [4.78, 5) is 40.6. The summed E-state index contributed by atoms with van der Waals surface area (Å²) in [5.41, 5.74) is 1.40. The van der Waals surface area contributed by atoms with Crippen LogP contribution in [-0.4, -0.2) is 17.6 Å². The normalized spacial score (nSPS) is 17.5. The van der Waals surface area contributed by atoms with Crippen LogP contribution in [-0.2, 0) is 21.7 Å². The topological polar surface area (TPSA) is 66.5 Å². The lowest BCUT2D eigenvalue weighted by molar-refractivity contribution is -0.130. The van der Waals surface area contributed by atoms with Crippen molar-refractivity contribution >= 4 is 23.3 Å². The van der Waals surface area contributed by atoms with Gasteiger partial charge in [-0.15, -0.1) is 0 Å². The lowest BCUT2D eigenvalue weighted by Gasteiger charge is -2.29. The second kappa shape index (κ2) is 7.95. The standard InChI is InChI=1S/C25H22N2O3/c1-18(28)26-25(16-23(29)20-12-6-3-7-13-20)21-14-8-9-15-22(21)27(24(25)30)17-19-10-4-2-5-11-19/h2-15H,16-17H2,1H3,(H,26,28)/t25-/m0/s1. The van der Waals surface area contributed by atoms with Gasteiger partial charge in [0.05, 0.1) is 12.2 Å². The molecule has 1 atom stereocenters. The van der Waals surface area contributed by atoms with Crippen LogP contribution in [0.4, 0.5) is 5.69 Å². The zero-order valence-corrected chi connectivity index (χ0v) is 16.7. The molecule has 1 aliphatic rings. The molecular formula is C25H22N2O3. The summed E-state index contributed by atoms with van der Waals surface area (Å²) >= 11 is 0. The number of nitrogens with zero attached hydrogens (tertiary/aromatic N) is 1. The summed E-state index contributed by atoms with van der Waals surface area (Å²) in [5, 5.41) is 2.83. The minimum absolute atomic E-state index is 0.141. The van der Waals surface area contributed by atoms with Crippen LogP contribution in [0.25, 0.3) is 0 Å². The maximum absolute atomic E-state index is 13.8. The quantitative estimate of drug-likeness (QED) is 0.642. The van der Waals surface area contributed by atoms with E-state index in [1.807, 2.05) is 60.7 Å². The Kier molecular flexibility index (Phi) is 5.19. The number of para-hydroxylation sites is 1. The van der Waals surface area contributed by atoms with Gasteiger partial charge < -0.3 is 10.2 Å².